The molecule has 1 aliphatic rings. The fraction of sp³-hybridized carbons (Fsp3) is 0.250. The second-order valence-corrected chi connectivity index (χ2v) is 8.74. The summed E-state index contributed by atoms with van der Waals surface area (Å²) in [5.41, 5.74) is 1.80. The second-order valence-electron chi connectivity index (χ2n) is 7.36. The third kappa shape index (κ3) is 4.24. The van der Waals surface area contributed by atoms with E-state index in [2.05, 4.69) is 5.32 Å². The molecule has 0 bridgehead atoms. The Morgan fingerprint density at radius 2 is 1.97 bits per heavy atom. The summed E-state index contributed by atoms with van der Waals surface area (Å²) in [5.74, 6) is -0.389. The van der Waals surface area contributed by atoms with Crippen molar-refractivity contribution in [3.8, 4) is 5.75 Å². The van der Waals surface area contributed by atoms with Gasteiger partial charge in [-0.15, -0.1) is 11.3 Å². The van der Waals surface area contributed by atoms with Crippen molar-refractivity contribution in [1.29, 1.82) is 0 Å². The Morgan fingerprint density at radius 3 is 2.66 bits per heavy atom. The van der Waals surface area contributed by atoms with Gasteiger partial charge in [-0.2, -0.15) is 0 Å². The summed E-state index contributed by atoms with van der Waals surface area (Å²) in [6.45, 7) is 0.753. The van der Waals surface area contributed by atoms with E-state index in [1.807, 2.05) is 35.7 Å². The standard InChI is InChI=1S/C24H23ClN2O4S/c1-30-12-11-27-22(20-8-5-13-32-20)21(16-6-3-4-7-17(16)24(27)29)23(28)26-15-9-10-19(31-2)18(25)14-15/h3-10,13-14,21-22H,11-12H2,1-2H3,(H,26,28)/t21-,22+/m0/s1. The highest BCUT2D eigenvalue weighted by Crippen LogP contribution is 2.44. The van der Waals surface area contributed by atoms with Crippen LogP contribution in [0.1, 0.15) is 32.8 Å². The maximum Gasteiger partial charge on any atom is 0.254 e. The van der Waals surface area contributed by atoms with Crippen LogP contribution in [-0.2, 0) is 9.53 Å². The minimum absolute atomic E-state index is 0.104. The van der Waals surface area contributed by atoms with Gasteiger partial charge in [0.1, 0.15) is 5.75 Å². The molecule has 4 rings (SSSR count). The van der Waals surface area contributed by atoms with Gasteiger partial charge in [-0.25, -0.2) is 0 Å². The smallest absolute Gasteiger partial charge is 0.254 e. The molecular weight excluding hydrogens is 448 g/mol. The number of ether oxygens (including phenoxy) is 2. The Kier molecular flexibility index (Phi) is 6.79. The summed E-state index contributed by atoms with van der Waals surface area (Å²) in [6, 6.07) is 15.8. The fourth-order valence-corrected chi connectivity index (χ4v) is 5.18. The minimum atomic E-state index is -0.597. The van der Waals surface area contributed by atoms with E-state index in [4.69, 9.17) is 21.1 Å². The highest BCUT2D eigenvalue weighted by molar-refractivity contribution is 7.10. The number of hydrogen-bond donors (Lipinski definition) is 1. The van der Waals surface area contributed by atoms with Crippen molar-refractivity contribution in [1.82, 2.24) is 4.90 Å². The highest BCUT2D eigenvalue weighted by atomic mass is 35.5. The van der Waals surface area contributed by atoms with Gasteiger partial charge in [0.05, 0.1) is 30.7 Å². The predicted molar refractivity (Wildman–Crippen MR) is 126 cm³/mol. The van der Waals surface area contributed by atoms with Crippen molar-refractivity contribution in [2.24, 2.45) is 0 Å². The lowest BCUT2D eigenvalue weighted by Gasteiger charge is -2.41. The lowest BCUT2D eigenvalue weighted by molar-refractivity contribution is -0.119. The molecule has 2 atom stereocenters. The minimum Gasteiger partial charge on any atom is -0.495 e. The SMILES string of the molecule is COCCN1C(=O)c2ccccc2[C@H](C(=O)Nc2ccc(OC)c(Cl)c2)[C@H]1c1cccs1. The lowest BCUT2D eigenvalue weighted by Crippen LogP contribution is -2.47. The molecule has 2 aromatic carbocycles. The number of amides is 2. The quantitative estimate of drug-likeness (QED) is 0.529. The molecule has 166 valence electrons. The predicted octanol–water partition coefficient (Wildman–Crippen LogP) is 4.98. The number of halogens is 1. The first-order valence-corrected chi connectivity index (χ1v) is 11.4. The van der Waals surface area contributed by atoms with Crippen molar-refractivity contribution >= 4 is 40.4 Å². The van der Waals surface area contributed by atoms with E-state index in [1.54, 1.807) is 36.3 Å². The lowest BCUT2D eigenvalue weighted by atomic mass is 9.81. The van der Waals surface area contributed by atoms with Gasteiger partial charge in [-0.05, 0) is 41.3 Å². The molecule has 1 N–H and O–H groups in total. The first kappa shape index (κ1) is 22.3. The maximum absolute atomic E-state index is 13.7. The number of nitrogens with zero attached hydrogens (tertiary/aromatic N) is 1. The zero-order valence-corrected chi connectivity index (χ0v) is 19.3. The summed E-state index contributed by atoms with van der Waals surface area (Å²) in [5, 5.41) is 5.34. The van der Waals surface area contributed by atoms with Crippen molar-refractivity contribution in [2.75, 3.05) is 32.7 Å². The number of carbonyl (C=O) groups excluding carboxylic acids is 2. The molecule has 3 aromatic rings. The fourth-order valence-electron chi connectivity index (χ4n) is 4.05. The molecule has 0 aliphatic carbocycles. The molecule has 0 fully saturated rings. The van der Waals surface area contributed by atoms with Crippen LogP contribution < -0.4 is 10.1 Å². The Hall–Kier alpha value is -2.87. The number of thiophene rings is 1. The summed E-state index contributed by atoms with van der Waals surface area (Å²) in [7, 11) is 3.13. The molecule has 2 heterocycles. The second kappa shape index (κ2) is 9.73. The summed E-state index contributed by atoms with van der Waals surface area (Å²) >= 11 is 7.77. The number of nitrogens with one attached hydrogen (secondary N) is 1. The van der Waals surface area contributed by atoms with Crippen LogP contribution in [0, 0.1) is 0 Å². The molecule has 32 heavy (non-hydrogen) atoms. The maximum atomic E-state index is 13.7. The van der Waals surface area contributed by atoms with Crippen LogP contribution in [-0.4, -0.2) is 44.1 Å². The monoisotopic (exact) mass is 470 g/mol. The molecule has 6 nitrogen and oxygen atoms in total. The number of rotatable bonds is 7. The molecule has 0 saturated carbocycles. The molecule has 0 spiro atoms. The van der Waals surface area contributed by atoms with Gasteiger partial charge in [0.15, 0.2) is 0 Å². The third-order valence-electron chi connectivity index (χ3n) is 5.51. The molecule has 0 unspecified atom stereocenters. The molecule has 1 aromatic heterocycles. The number of hydrogen-bond acceptors (Lipinski definition) is 5. The number of methoxy groups -OCH3 is 2. The molecule has 0 saturated heterocycles. The van der Waals surface area contributed by atoms with Crippen molar-refractivity contribution in [3.63, 3.8) is 0 Å². The van der Waals surface area contributed by atoms with E-state index in [-0.39, 0.29) is 11.8 Å². The number of anilines is 1. The van der Waals surface area contributed by atoms with Gasteiger partial charge >= 0.3 is 0 Å². The number of carbonyl (C=O) groups is 2. The summed E-state index contributed by atoms with van der Waals surface area (Å²) in [4.78, 5) is 29.7. The van der Waals surface area contributed by atoms with Crippen LogP contribution in [0.3, 0.4) is 0 Å². The van der Waals surface area contributed by atoms with E-state index in [0.29, 0.717) is 40.7 Å². The van der Waals surface area contributed by atoms with E-state index in [0.717, 1.165) is 4.88 Å². The van der Waals surface area contributed by atoms with Gasteiger partial charge in [0.25, 0.3) is 5.91 Å². The van der Waals surface area contributed by atoms with Crippen LogP contribution in [0.25, 0.3) is 0 Å². The first-order chi connectivity index (χ1) is 15.5. The summed E-state index contributed by atoms with van der Waals surface area (Å²) in [6.07, 6.45) is 0. The number of benzene rings is 2. The molecule has 8 heteroatoms. The molecule has 1 aliphatic heterocycles. The molecular formula is C24H23ClN2O4S. The van der Waals surface area contributed by atoms with E-state index >= 15 is 0 Å². The topological polar surface area (TPSA) is 67.9 Å². The Labute approximate surface area is 195 Å². The first-order valence-electron chi connectivity index (χ1n) is 10.1. The van der Waals surface area contributed by atoms with E-state index < -0.39 is 12.0 Å². The van der Waals surface area contributed by atoms with E-state index in [9.17, 15) is 9.59 Å². The normalized spacial score (nSPS) is 17.7. The number of fused-ring (bicyclic) bond motifs is 1. The van der Waals surface area contributed by atoms with Crippen molar-refractivity contribution < 1.29 is 19.1 Å². The van der Waals surface area contributed by atoms with Crippen LogP contribution in [0.15, 0.2) is 60.0 Å². The van der Waals surface area contributed by atoms with Crippen LogP contribution >= 0.6 is 22.9 Å². The van der Waals surface area contributed by atoms with Gasteiger partial charge < -0.3 is 19.7 Å². The Morgan fingerprint density at radius 1 is 1.16 bits per heavy atom. The summed E-state index contributed by atoms with van der Waals surface area (Å²) < 4.78 is 10.5. The molecule has 2 amide bonds. The average Bonchev–Trinajstić information content (AvgIpc) is 3.33. The van der Waals surface area contributed by atoms with Crippen LogP contribution in [0.4, 0.5) is 5.69 Å². The average molecular weight is 471 g/mol. The van der Waals surface area contributed by atoms with E-state index in [1.165, 1.54) is 18.4 Å². The van der Waals surface area contributed by atoms with Crippen molar-refractivity contribution in [2.45, 2.75) is 12.0 Å². The largest absolute Gasteiger partial charge is 0.495 e. The highest BCUT2D eigenvalue weighted by Gasteiger charge is 2.44. The Balaban J connectivity index is 1.77. The van der Waals surface area contributed by atoms with Gasteiger partial charge in [0.2, 0.25) is 5.91 Å². The zero-order valence-electron chi connectivity index (χ0n) is 17.7. The van der Waals surface area contributed by atoms with Gasteiger partial charge in [-0.1, -0.05) is 35.9 Å². The molecule has 0 radical (unpaired) electrons. The third-order valence-corrected chi connectivity index (χ3v) is 6.75. The van der Waals surface area contributed by atoms with Crippen LogP contribution in [0.5, 0.6) is 5.75 Å². The van der Waals surface area contributed by atoms with Crippen molar-refractivity contribution in [3.05, 3.63) is 81.0 Å². The van der Waals surface area contributed by atoms with Crippen LogP contribution in [0.2, 0.25) is 5.02 Å². The van der Waals surface area contributed by atoms with Gasteiger partial charge in [-0.3, -0.25) is 9.59 Å². The zero-order chi connectivity index (χ0) is 22.7. The Bertz CT molecular complexity index is 1120. The van der Waals surface area contributed by atoms with Gasteiger partial charge in [0, 0.05) is 29.8 Å².